The number of hydrogen-bond donors (Lipinski definition) is 1. The summed E-state index contributed by atoms with van der Waals surface area (Å²) < 4.78 is 0. The van der Waals surface area contributed by atoms with Gasteiger partial charge in [0.1, 0.15) is 0 Å². The highest BCUT2D eigenvalue weighted by atomic mass is 14.9. The summed E-state index contributed by atoms with van der Waals surface area (Å²) in [6.07, 6.45) is 4.79. The zero-order chi connectivity index (χ0) is 8.97. The van der Waals surface area contributed by atoms with Gasteiger partial charge in [-0.15, -0.1) is 0 Å². The minimum atomic E-state index is 0.794. The molecular weight excluding hydrogens is 146 g/mol. The molecule has 0 aliphatic carbocycles. The quantitative estimate of drug-likeness (QED) is 0.620. The highest BCUT2D eigenvalue weighted by Gasteiger charge is 2.13. The first-order chi connectivity index (χ1) is 5.70. The lowest BCUT2D eigenvalue weighted by Gasteiger charge is -2.23. The van der Waals surface area contributed by atoms with Crippen molar-refractivity contribution in [1.82, 2.24) is 5.32 Å². The van der Waals surface area contributed by atoms with Crippen LogP contribution < -0.4 is 5.32 Å². The smallest absolute Gasteiger partial charge is 0.00432 e. The average molecular weight is 165 g/mol. The maximum absolute atomic E-state index is 3.90. The highest BCUT2D eigenvalue weighted by molar-refractivity contribution is 5.19. The summed E-state index contributed by atoms with van der Waals surface area (Å²) in [6.45, 7) is 10.5. The summed E-state index contributed by atoms with van der Waals surface area (Å²) in [4.78, 5) is 0. The molecule has 0 amide bonds. The van der Waals surface area contributed by atoms with Crippen LogP contribution in [0.25, 0.3) is 0 Å². The van der Waals surface area contributed by atoms with Crippen LogP contribution in [0.15, 0.2) is 23.8 Å². The summed E-state index contributed by atoms with van der Waals surface area (Å²) in [5, 5.41) is 3.37. The van der Waals surface area contributed by atoms with Gasteiger partial charge in [-0.2, -0.15) is 0 Å². The predicted molar refractivity (Wildman–Crippen MR) is 54.2 cm³/mol. The van der Waals surface area contributed by atoms with Gasteiger partial charge in [-0.05, 0) is 45.7 Å². The fourth-order valence-electron chi connectivity index (χ4n) is 1.78. The van der Waals surface area contributed by atoms with Gasteiger partial charge in [0.2, 0.25) is 0 Å². The van der Waals surface area contributed by atoms with Gasteiger partial charge in [0.05, 0.1) is 0 Å². The van der Waals surface area contributed by atoms with Crippen molar-refractivity contribution < 1.29 is 0 Å². The molecule has 68 valence electrons. The van der Waals surface area contributed by atoms with Crippen molar-refractivity contribution in [3.8, 4) is 0 Å². The van der Waals surface area contributed by atoms with Gasteiger partial charge in [0.25, 0.3) is 0 Å². The summed E-state index contributed by atoms with van der Waals surface area (Å²) in [5.41, 5.74) is 2.68. The van der Waals surface area contributed by atoms with Gasteiger partial charge in [0.15, 0.2) is 0 Å². The maximum Gasteiger partial charge on any atom is -0.00432 e. The molecule has 1 nitrogen and oxygen atoms in total. The van der Waals surface area contributed by atoms with Gasteiger partial charge in [-0.25, -0.2) is 0 Å². The Balaban J connectivity index is 2.49. The van der Waals surface area contributed by atoms with E-state index in [4.69, 9.17) is 0 Å². The van der Waals surface area contributed by atoms with Crippen molar-refractivity contribution in [2.24, 2.45) is 5.92 Å². The van der Waals surface area contributed by atoms with E-state index in [1.165, 1.54) is 37.1 Å². The molecule has 1 heteroatoms. The number of allylic oxidation sites excluding steroid dienone is 3. The van der Waals surface area contributed by atoms with Crippen molar-refractivity contribution in [2.45, 2.75) is 26.7 Å². The van der Waals surface area contributed by atoms with Crippen molar-refractivity contribution >= 4 is 0 Å². The van der Waals surface area contributed by atoms with Crippen LogP contribution in [0.2, 0.25) is 0 Å². The molecule has 0 aromatic heterocycles. The van der Waals surface area contributed by atoms with Gasteiger partial charge >= 0.3 is 0 Å². The van der Waals surface area contributed by atoms with Crippen LogP contribution in [0, 0.1) is 5.92 Å². The summed E-state index contributed by atoms with van der Waals surface area (Å²) in [7, 11) is 0. The second-order valence-electron chi connectivity index (χ2n) is 3.76. The lowest BCUT2D eigenvalue weighted by molar-refractivity contribution is 0.419. The summed E-state index contributed by atoms with van der Waals surface area (Å²) >= 11 is 0. The molecule has 1 rings (SSSR count). The topological polar surface area (TPSA) is 12.0 Å². The third-order valence-corrected chi connectivity index (χ3v) is 2.46. The molecule has 1 aliphatic heterocycles. The highest BCUT2D eigenvalue weighted by Crippen LogP contribution is 2.21. The van der Waals surface area contributed by atoms with E-state index in [9.17, 15) is 0 Å². The van der Waals surface area contributed by atoms with E-state index in [-0.39, 0.29) is 0 Å². The lowest BCUT2D eigenvalue weighted by atomic mass is 9.90. The molecular formula is C11H19N. The Kier molecular flexibility index (Phi) is 3.54. The Hall–Kier alpha value is -0.560. The molecule has 0 unspecified atom stereocenters. The third kappa shape index (κ3) is 2.82. The summed E-state index contributed by atoms with van der Waals surface area (Å²) in [6, 6.07) is 0. The monoisotopic (exact) mass is 165 g/mol. The SMILES string of the molecule is C=C(C)/C=C(/C)C1CCNCC1. The Morgan fingerprint density at radius 1 is 1.33 bits per heavy atom. The molecule has 0 spiro atoms. The zero-order valence-corrected chi connectivity index (χ0v) is 8.19. The minimum Gasteiger partial charge on any atom is -0.317 e. The molecule has 0 radical (unpaired) electrons. The van der Waals surface area contributed by atoms with Crippen LogP contribution in [0.4, 0.5) is 0 Å². The van der Waals surface area contributed by atoms with E-state index >= 15 is 0 Å². The van der Waals surface area contributed by atoms with E-state index in [0.29, 0.717) is 0 Å². The normalized spacial score (nSPS) is 21.0. The first kappa shape index (κ1) is 9.53. The van der Waals surface area contributed by atoms with Crippen molar-refractivity contribution in [3.63, 3.8) is 0 Å². The number of hydrogen-bond acceptors (Lipinski definition) is 1. The minimum absolute atomic E-state index is 0.794. The molecule has 0 saturated carbocycles. The van der Waals surface area contributed by atoms with Crippen LogP contribution in [-0.2, 0) is 0 Å². The van der Waals surface area contributed by atoms with Gasteiger partial charge in [-0.3, -0.25) is 0 Å². The second-order valence-corrected chi connectivity index (χ2v) is 3.76. The Bertz CT molecular complexity index is 185. The Labute approximate surface area is 75.6 Å². The van der Waals surface area contributed by atoms with E-state index in [2.05, 4.69) is 31.8 Å². The van der Waals surface area contributed by atoms with Crippen LogP contribution in [0.1, 0.15) is 26.7 Å². The number of piperidine rings is 1. The second kappa shape index (κ2) is 4.46. The molecule has 0 bridgehead atoms. The predicted octanol–water partition coefficient (Wildman–Crippen LogP) is 2.51. The third-order valence-electron chi connectivity index (χ3n) is 2.46. The standard InChI is InChI=1S/C11H19N/c1-9(2)8-10(3)11-4-6-12-7-5-11/h8,11-12H,1,4-7H2,2-3H3/b10-8-. The average Bonchev–Trinajstić information content (AvgIpc) is 2.05. The largest absolute Gasteiger partial charge is 0.317 e. The van der Waals surface area contributed by atoms with Gasteiger partial charge in [0, 0.05) is 0 Å². The van der Waals surface area contributed by atoms with Crippen LogP contribution in [0.5, 0.6) is 0 Å². The van der Waals surface area contributed by atoms with Crippen molar-refractivity contribution in [2.75, 3.05) is 13.1 Å². The molecule has 1 fully saturated rings. The van der Waals surface area contributed by atoms with E-state index in [0.717, 1.165) is 5.92 Å². The first-order valence-electron chi connectivity index (χ1n) is 4.74. The van der Waals surface area contributed by atoms with Crippen molar-refractivity contribution in [1.29, 1.82) is 0 Å². The Morgan fingerprint density at radius 3 is 2.42 bits per heavy atom. The van der Waals surface area contributed by atoms with Crippen molar-refractivity contribution in [3.05, 3.63) is 23.8 Å². The molecule has 1 heterocycles. The molecule has 1 N–H and O–H groups in total. The lowest BCUT2D eigenvalue weighted by Crippen LogP contribution is -2.28. The Morgan fingerprint density at radius 2 is 1.92 bits per heavy atom. The van der Waals surface area contributed by atoms with E-state index in [1.54, 1.807) is 0 Å². The van der Waals surface area contributed by atoms with Gasteiger partial charge < -0.3 is 5.32 Å². The number of rotatable bonds is 2. The van der Waals surface area contributed by atoms with Crippen LogP contribution in [0.3, 0.4) is 0 Å². The molecule has 1 aliphatic rings. The van der Waals surface area contributed by atoms with Crippen LogP contribution >= 0.6 is 0 Å². The first-order valence-corrected chi connectivity index (χ1v) is 4.74. The van der Waals surface area contributed by atoms with E-state index < -0.39 is 0 Å². The molecule has 12 heavy (non-hydrogen) atoms. The van der Waals surface area contributed by atoms with E-state index in [1.807, 2.05) is 0 Å². The molecule has 0 atom stereocenters. The fourth-order valence-corrected chi connectivity index (χ4v) is 1.78. The maximum atomic E-state index is 3.90. The van der Waals surface area contributed by atoms with Gasteiger partial charge in [-0.1, -0.05) is 23.8 Å². The molecule has 0 aromatic carbocycles. The fraction of sp³-hybridized carbons (Fsp3) is 0.636. The zero-order valence-electron chi connectivity index (χ0n) is 8.19. The molecule has 1 saturated heterocycles. The molecule has 0 aromatic rings. The summed E-state index contributed by atoms with van der Waals surface area (Å²) in [5.74, 6) is 0.794. The van der Waals surface area contributed by atoms with Crippen LogP contribution in [-0.4, -0.2) is 13.1 Å². The number of nitrogens with one attached hydrogen (secondary N) is 1.